The fourth-order valence-electron chi connectivity index (χ4n) is 1.10. The van der Waals surface area contributed by atoms with Crippen LogP contribution in [0.4, 0.5) is 8.78 Å². The molecule has 1 rings (SSSR count). The molecule has 0 unspecified atom stereocenters. The van der Waals surface area contributed by atoms with Gasteiger partial charge in [-0.3, -0.25) is 0 Å². The molecule has 0 bridgehead atoms. The smallest absolute Gasteiger partial charge is 0.285 e. The quantitative estimate of drug-likeness (QED) is 0.593. The molecule has 1 aromatic rings. The highest BCUT2D eigenvalue weighted by Gasteiger charge is 2.30. The van der Waals surface area contributed by atoms with Gasteiger partial charge in [-0.05, 0) is 0 Å². The topological polar surface area (TPSA) is 12.0 Å². The molecule has 0 aliphatic rings. The molecule has 1 N–H and O–H groups in total. The molecule has 78 valence electrons. The second-order valence-electron chi connectivity index (χ2n) is 2.94. The molecule has 0 aliphatic heterocycles. The second-order valence-corrected chi connectivity index (χ2v) is 3.31. The van der Waals surface area contributed by atoms with Crippen LogP contribution in [-0.2, 0) is 5.92 Å². The van der Waals surface area contributed by atoms with Gasteiger partial charge in [-0.15, -0.1) is 11.6 Å². The summed E-state index contributed by atoms with van der Waals surface area (Å²) in [4.78, 5) is 0. The van der Waals surface area contributed by atoms with Crippen LogP contribution in [0.15, 0.2) is 30.3 Å². The van der Waals surface area contributed by atoms with Gasteiger partial charge in [-0.25, -0.2) is 0 Å². The second kappa shape index (κ2) is 5.27. The SMILES string of the molecule is FC(F)(CNCCCl)c1ccccc1. The van der Waals surface area contributed by atoms with Crippen LogP contribution < -0.4 is 5.32 Å². The van der Waals surface area contributed by atoms with E-state index < -0.39 is 5.92 Å². The molecular weight excluding hydrogens is 208 g/mol. The van der Waals surface area contributed by atoms with E-state index in [0.717, 1.165) is 0 Å². The average Bonchev–Trinajstić information content (AvgIpc) is 2.19. The Morgan fingerprint density at radius 2 is 1.86 bits per heavy atom. The van der Waals surface area contributed by atoms with E-state index in [-0.39, 0.29) is 12.1 Å². The van der Waals surface area contributed by atoms with E-state index in [0.29, 0.717) is 12.4 Å². The van der Waals surface area contributed by atoms with Crippen molar-refractivity contribution in [3.05, 3.63) is 35.9 Å². The first kappa shape index (κ1) is 11.4. The van der Waals surface area contributed by atoms with Crippen molar-refractivity contribution in [2.24, 2.45) is 0 Å². The molecule has 0 saturated heterocycles. The van der Waals surface area contributed by atoms with Crippen molar-refractivity contribution in [2.75, 3.05) is 19.0 Å². The highest BCUT2D eigenvalue weighted by molar-refractivity contribution is 6.18. The fourth-order valence-corrected chi connectivity index (χ4v) is 1.23. The van der Waals surface area contributed by atoms with Crippen LogP contribution in [0.5, 0.6) is 0 Å². The Hall–Kier alpha value is -0.670. The molecule has 0 saturated carbocycles. The largest absolute Gasteiger partial charge is 0.310 e. The minimum Gasteiger partial charge on any atom is -0.310 e. The Kier molecular flexibility index (Phi) is 4.29. The number of hydrogen-bond donors (Lipinski definition) is 1. The lowest BCUT2D eigenvalue weighted by Crippen LogP contribution is -2.31. The molecule has 1 aromatic carbocycles. The minimum absolute atomic E-state index is 0.0297. The van der Waals surface area contributed by atoms with Gasteiger partial charge in [0.05, 0.1) is 6.54 Å². The lowest BCUT2D eigenvalue weighted by molar-refractivity contribution is -0.00254. The van der Waals surface area contributed by atoms with Gasteiger partial charge in [-0.1, -0.05) is 30.3 Å². The highest BCUT2D eigenvalue weighted by atomic mass is 35.5. The van der Waals surface area contributed by atoms with Gasteiger partial charge in [0.15, 0.2) is 0 Å². The summed E-state index contributed by atoms with van der Waals surface area (Å²) in [5, 5.41) is 2.59. The molecule has 0 heterocycles. The van der Waals surface area contributed by atoms with Crippen LogP contribution in [0.25, 0.3) is 0 Å². The van der Waals surface area contributed by atoms with Crippen molar-refractivity contribution in [1.82, 2.24) is 5.32 Å². The van der Waals surface area contributed by atoms with Crippen molar-refractivity contribution in [3.8, 4) is 0 Å². The maximum absolute atomic E-state index is 13.4. The predicted molar refractivity (Wildman–Crippen MR) is 53.9 cm³/mol. The monoisotopic (exact) mass is 219 g/mol. The number of halogens is 3. The average molecular weight is 220 g/mol. The summed E-state index contributed by atoms with van der Waals surface area (Å²) in [5.74, 6) is -2.49. The number of alkyl halides is 3. The molecular formula is C10H12ClF2N. The summed E-state index contributed by atoms with van der Waals surface area (Å²) in [6.45, 7) is 0.0215. The molecule has 14 heavy (non-hydrogen) atoms. The van der Waals surface area contributed by atoms with Gasteiger partial charge >= 0.3 is 0 Å². The van der Waals surface area contributed by atoms with Gasteiger partial charge in [0, 0.05) is 18.0 Å². The third kappa shape index (κ3) is 3.24. The van der Waals surface area contributed by atoms with Crippen LogP contribution in [0.3, 0.4) is 0 Å². The maximum atomic E-state index is 13.4. The lowest BCUT2D eigenvalue weighted by atomic mass is 10.1. The zero-order valence-corrected chi connectivity index (χ0v) is 8.40. The highest BCUT2D eigenvalue weighted by Crippen LogP contribution is 2.26. The Morgan fingerprint density at radius 1 is 1.21 bits per heavy atom. The van der Waals surface area contributed by atoms with Gasteiger partial charge in [-0.2, -0.15) is 8.78 Å². The predicted octanol–water partition coefficient (Wildman–Crippen LogP) is 2.61. The summed E-state index contributed by atoms with van der Waals surface area (Å²) < 4.78 is 26.7. The van der Waals surface area contributed by atoms with Crippen LogP contribution in [0.1, 0.15) is 5.56 Å². The first-order chi connectivity index (χ1) is 6.67. The molecule has 0 atom stereocenters. The number of nitrogens with one attached hydrogen (secondary N) is 1. The summed E-state index contributed by atoms with van der Waals surface area (Å²) in [5.41, 5.74) is 0.0297. The molecule has 0 aromatic heterocycles. The normalized spacial score (nSPS) is 11.6. The zero-order chi connectivity index (χ0) is 10.4. The fraction of sp³-hybridized carbons (Fsp3) is 0.400. The first-order valence-corrected chi connectivity index (χ1v) is 4.90. The van der Waals surface area contributed by atoms with Gasteiger partial charge in [0.1, 0.15) is 0 Å². The van der Waals surface area contributed by atoms with E-state index >= 15 is 0 Å². The van der Waals surface area contributed by atoms with Gasteiger partial charge < -0.3 is 5.32 Å². The van der Waals surface area contributed by atoms with Crippen molar-refractivity contribution >= 4 is 11.6 Å². The molecule has 0 fully saturated rings. The zero-order valence-electron chi connectivity index (χ0n) is 7.64. The van der Waals surface area contributed by atoms with Crippen LogP contribution >= 0.6 is 11.6 Å². The summed E-state index contributed by atoms with van der Waals surface area (Å²) in [6, 6.07) is 7.76. The van der Waals surface area contributed by atoms with E-state index in [1.165, 1.54) is 12.1 Å². The minimum atomic E-state index is -2.83. The number of benzene rings is 1. The Bertz CT molecular complexity index is 264. The van der Waals surface area contributed by atoms with Crippen molar-refractivity contribution < 1.29 is 8.78 Å². The summed E-state index contributed by atoms with van der Waals surface area (Å²) >= 11 is 5.37. The summed E-state index contributed by atoms with van der Waals surface area (Å²) in [7, 11) is 0. The van der Waals surface area contributed by atoms with E-state index in [2.05, 4.69) is 5.32 Å². The summed E-state index contributed by atoms with van der Waals surface area (Å²) in [6.07, 6.45) is 0. The standard InChI is InChI=1S/C10H12ClF2N/c11-6-7-14-8-10(12,13)9-4-2-1-3-5-9/h1-5,14H,6-8H2. The van der Waals surface area contributed by atoms with E-state index in [1.807, 2.05) is 0 Å². The van der Waals surface area contributed by atoms with Crippen LogP contribution in [0.2, 0.25) is 0 Å². The van der Waals surface area contributed by atoms with E-state index in [1.54, 1.807) is 18.2 Å². The Morgan fingerprint density at radius 3 is 2.43 bits per heavy atom. The van der Waals surface area contributed by atoms with Crippen LogP contribution in [0, 0.1) is 0 Å². The van der Waals surface area contributed by atoms with Crippen molar-refractivity contribution in [2.45, 2.75) is 5.92 Å². The maximum Gasteiger partial charge on any atom is 0.285 e. The van der Waals surface area contributed by atoms with E-state index in [4.69, 9.17) is 11.6 Å². The molecule has 0 radical (unpaired) electrons. The third-order valence-electron chi connectivity index (χ3n) is 1.81. The molecule has 0 spiro atoms. The van der Waals surface area contributed by atoms with Gasteiger partial charge in [0.25, 0.3) is 5.92 Å². The first-order valence-electron chi connectivity index (χ1n) is 4.37. The van der Waals surface area contributed by atoms with E-state index in [9.17, 15) is 8.78 Å². The Labute approximate surface area is 87.1 Å². The number of hydrogen-bond acceptors (Lipinski definition) is 1. The van der Waals surface area contributed by atoms with Gasteiger partial charge in [0.2, 0.25) is 0 Å². The Balaban J connectivity index is 2.56. The molecule has 0 aliphatic carbocycles. The molecule has 4 heteroatoms. The molecule has 0 amide bonds. The number of rotatable bonds is 5. The van der Waals surface area contributed by atoms with Crippen molar-refractivity contribution in [1.29, 1.82) is 0 Å². The molecule has 1 nitrogen and oxygen atoms in total. The van der Waals surface area contributed by atoms with Crippen LogP contribution in [-0.4, -0.2) is 19.0 Å². The van der Waals surface area contributed by atoms with Crippen molar-refractivity contribution in [3.63, 3.8) is 0 Å². The third-order valence-corrected chi connectivity index (χ3v) is 2.00. The lowest BCUT2D eigenvalue weighted by Gasteiger charge is -2.16.